The lowest BCUT2D eigenvalue weighted by atomic mass is 9.98. The average Bonchev–Trinajstić information content (AvgIpc) is 2.37. The molecule has 6 heteroatoms. The fraction of sp³-hybridized carbons (Fsp3) is 0.214. The molecule has 20 heavy (non-hydrogen) atoms. The first kappa shape index (κ1) is 14.5. The zero-order valence-electron chi connectivity index (χ0n) is 10.6. The van der Waals surface area contributed by atoms with E-state index in [2.05, 4.69) is 4.98 Å². The Bertz CT molecular complexity index is 623. The molecule has 106 valence electrons. The van der Waals surface area contributed by atoms with Crippen LogP contribution in [0.4, 0.5) is 17.6 Å². The van der Waals surface area contributed by atoms with Crippen molar-refractivity contribution in [2.45, 2.75) is 19.1 Å². The molecule has 1 atom stereocenters. The van der Waals surface area contributed by atoms with Gasteiger partial charge in [0, 0.05) is 6.20 Å². The molecule has 1 unspecified atom stereocenters. The van der Waals surface area contributed by atoms with Gasteiger partial charge in [-0.15, -0.1) is 0 Å². The molecule has 0 saturated carbocycles. The van der Waals surface area contributed by atoms with E-state index < -0.39 is 23.6 Å². The Morgan fingerprint density at radius 3 is 2.50 bits per heavy atom. The number of pyridine rings is 1. The SMILES string of the molecule is Cc1cccnc1C(N)c1ccc(F)c(C(F)(F)F)c1. The number of aromatic nitrogens is 1. The van der Waals surface area contributed by atoms with Gasteiger partial charge in [-0.2, -0.15) is 13.2 Å². The third kappa shape index (κ3) is 2.80. The van der Waals surface area contributed by atoms with E-state index in [4.69, 9.17) is 5.73 Å². The molecule has 1 aromatic carbocycles. The van der Waals surface area contributed by atoms with Gasteiger partial charge in [0.05, 0.1) is 17.3 Å². The summed E-state index contributed by atoms with van der Waals surface area (Å²) in [6.07, 6.45) is -3.24. The van der Waals surface area contributed by atoms with Gasteiger partial charge in [-0.25, -0.2) is 4.39 Å². The summed E-state index contributed by atoms with van der Waals surface area (Å²) < 4.78 is 51.3. The predicted octanol–water partition coefficient (Wildman–Crippen LogP) is 3.60. The minimum atomic E-state index is -4.75. The van der Waals surface area contributed by atoms with Crippen molar-refractivity contribution in [2.24, 2.45) is 5.73 Å². The van der Waals surface area contributed by atoms with Crippen LogP contribution in [0.2, 0.25) is 0 Å². The first-order chi connectivity index (χ1) is 9.30. The topological polar surface area (TPSA) is 38.9 Å². The second-order valence-electron chi connectivity index (χ2n) is 4.42. The van der Waals surface area contributed by atoms with Gasteiger partial charge in [-0.3, -0.25) is 4.98 Å². The van der Waals surface area contributed by atoms with Gasteiger partial charge in [-0.05, 0) is 36.2 Å². The summed E-state index contributed by atoms with van der Waals surface area (Å²) in [5.74, 6) is -1.31. The molecule has 2 N–H and O–H groups in total. The fourth-order valence-electron chi connectivity index (χ4n) is 1.93. The Kier molecular flexibility index (Phi) is 3.76. The van der Waals surface area contributed by atoms with E-state index in [0.717, 1.165) is 17.7 Å². The zero-order chi connectivity index (χ0) is 14.9. The van der Waals surface area contributed by atoms with Gasteiger partial charge < -0.3 is 5.73 Å². The van der Waals surface area contributed by atoms with Crippen LogP contribution in [0.5, 0.6) is 0 Å². The average molecular weight is 284 g/mol. The van der Waals surface area contributed by atoms with E-state index in [-0.39, 0.29) is 5.56 Å². The van der Waals surface area contributed by atoms with Crippen LogP contribution >= 0.6 is 0 Å². The monoisotopic (exact) mass is 284 g/mol. The predicted molar refractivity (Wildman–Crippen MR) is 66.4 cm³/mol. The van der Waals surface area contributed by atoms with Gasteiger partial charge >= 0.3 is 6.18 Å². The first-order valence-electron chi connectivity index (χ1n) is 5.84. The number of nitrogens with zero attached hydrogens (tertiary/aromatic N) is 1. The highest BCUT2D eigenvalue weighted by molar-refractivity contribution is 5.35. The quantitative estimate of drug-likeness (QED) is 0.856. The van der Waals surface area contributed by atoms with Crippen LogP contribution in [0.25, 0.3) is 0 Å². The van der Waals surface area contributed by atoms with Crippen LogP contribution in [0.3, 0.4) is 0 Å². The van der Waals surface area contributed by atoms with Crippen molar-refractivity contribution >= 4 is 0 Å². The van der Waals surface area contributed by atoms with Crippen molar-refractivity contribution in [1.82, 2.24) is 4.98 Å². The second kappa shape index (κ2) is 5.20. The molecule has 0 aliphatic carbocycles. The lowest BCUT2D eigenvalue weighted by Gasteiger charge is -2.16. The molecule has 0 saturated heterocycles. The summed E-state index contributed by atoms with van der Waals surface area (Å²) in [6.45, 7) is 1.76. The van der Waals surface area contributed by atoms with E-state index in [1.54, 1.807) is 19.1 Å². The summed E-state index contributed by atoms with van der Waals surface area (Å²) in [5, 5.41) is 0. The van der Waals surface area contributed by atoms with E-state index in [1.807, 2.05) is 0 Å². The van der Waals surface area contributed by atoms with E-state index in [0.29, 0.717) is 5.69 Å². The molecule has 1 heterocycles. The number of halogens is 4. The smallest absolute Gasteiger partial charge is 0.319 e. The summed E-state index contributed by atoms with van der Waals surface area (Å²) in [6, 6.07) is 5.37. The van der Waals surface area contributed by atoms with Crippen LogP contribution in [0.1, 0.15) is 28.4 Å². The van der Waals surface area contributed by atoms with Crippen LogP contribution in [-0.2, 0) is 6.18 Å². The molecule has 1 aromatic heterocycles. The molecule has 2 aromatic rings. The van der Waals surface area contributed by atoms with E-state index in [1.165, 1.54) is 12.3 Å². The number of aryl methyl sites for hydroxylation is 1. The summed E-state index contributed by atoms with van der Waals surface area (Å²) in [7, 11) is 0. The van der Waals surface area contributed by atoms with Crippen LogP contribution in [0, 0.1) is 12.7 Å². The largest absolute Gasteiger partial charge is 0.419 e. The van der Waals surface area contributed by atoms with Gasteiger partial charge in [-0.1, -0.05) is 12.1 Å². The molecule has 0 aliphatic heterocycles. The summed E-state index contributed by atoms with van der Waals surface area (Å²) in [4.78, 5) is 4.07. The number of benzene rings is 1. The van der Waals surface area contributed by atoms with E-state index >= 15 is 0 Å². The highest BCUT2D eigenvalue weighted by Crippen LogP contribution is 2.33. The third-order valence-electron chi connectivity index (χ3n) is 3.00. The first-order valence-corrected chi connectivity index (χ1v) is 5.84. The van der Waals surface area contributed by atoms with Crippen molar-refractivity contribution in [3.8, 4) is 0 Å². The molecule has 0 spiro atoms. The molecular formula is C14H12F4N2. The minimum Gasteiger partial charge on any atom is -0.319 e. The van der Waals surface area contributed by atoms with Crippen molar-refractivity contribution in [1.29, 1.82) is 0 Å². The Hall–Kier alpha value is -1.95. The fourth-order valence-corrected chi connectivity index (χ4v) is 1.93. The maximum Gasteiger partial charge on any atom is 0.419 e. The van der Waals surface area contributed by atoms with Gasteiger partial charge in [0.2, 0.25) is 0 Å². The molecule has 0 amide bonds. The molecule has 0 radical (unpaired) electrons. The maximum absolute atomic E-state index is 13.2. The third-order valence-corrected chi connectivity index (χ3v) is 3.00. The number of nitrogens with two attached hydrogens (primary N) is 1. The molecular weight excluding hydrogens is 272 g/mol. The van der Waals surface area contributed by atoms with E-state index in [9.17, 15) is 17.6 Å². The van der Waals surface area contributed by atoms with Crippen molar-refractivity contribution in [3.63, 3.8) is 0 Å². The van der Waals surface area contributed by atoms with Crippen LogP contribution in [0.15, 0.2) is 36.5 Å². The minimum absolute atomic E-state index is 0.167. The summed E-state index contributed by atoms with van der Waals surface area (Å²) in [5.41, 5.74) is 6.00. The Balaban J connectivity index is 2.46. The summed E-state index contributed by atoms with van der Waals surface area (Å²) >= 11 is 0. The number of hydrogen-bond acceptors (Lipinski definition) is 2. The van der Waals surface area contributed by atoms with Gasteiger partial charge in [0.1, 0.15) is 5.82 Å². The normalized spacial score (nSPS) is 13.3. The Morgan fingerprint density at radius 1 is 1.20 bits per heavy atom. The molecule has 2 nitrogen and oxygen atoms in total. The van der Waals surface area contributed by atoms with Crippen molar-refractivity contribution < 1.29 is 17.6 Å². The molecule has 0 aliphatic rings. The molecule has 0 fully saturated rings. The second-order valence-corrected chi connectivity index (χ2v) is 4.42. The standard InChI is InChI=1S/C14H12F4N2/c1-8-3-2-6-20-13(8)12(19)9-4-5-11(15)10(7-9)14(16,17)18/h2-7,12H,19H2,1H3. The number of hydrogen-bond donors (Lipinski definition) is 1. The molecule has 2 rings (SSSR count). The Morgan fingerprint density at radius 2 is 1.90 bits per heavy atom. The Labute approximate surface area is 113 Å². The van der Waals surface area contributed by atoms with Crippen molar-refractivity contribution in [2.75, 3.05) is 0 Å². The maximum atomic E-state index is 13.2. The van der Waals surface area contributed by atoms with Gasteiger partial charge in [0.15, 0.2) is 0 Å². The van der Waals surface area contributed by atoms with Crippen LogP contribution in [-0.4, -0.2) is 4.98 Å². The highest BCUT2D eigenvalue weighted by atomic mass is 19.4. The lowest BCUT2D eigenvalue weighted by Crippen LogP contribution is -2.17. The lowest BCUT2D eigenvalue weighted by molar-refractivity contribution is -0.140. The number of alkyl halides is 3. The van der Waals surface area contributed by atoms with Crippen LogP contribution < -0.4 is 5.73 Å². The van der Waals surface area contributed by atoms with Gasteiger partial charge in [0.25, 0.3) is 0 Å². The zero-order valence-corrected chi connectivity index (χ0v) is 10.6. The number of rotatable bonds is 2. The van der Waals surface area contributed by atoms with Crippen molar-refractivity contribution in [3.05, 3.63) is 64.7 Å². The molecule has 0 bridgehead atoms. The highest BCUT2D eigenvalue weighted by Gasteiger charge is 2.34.